The minimum absolute atomic E-state index is 0.0340. The number of nitrogens with one attached hydrogen (secondary N) is 1. The van der Waals surface area contributed by atoms with Crippen LogP contribution in [-0.4, -0.2) is 28.2 Å². The van der Waals surface area contributed by atoms with Crippen LogP contribution in [0.25, 0.3) is 0 Å². The molecule has 0 spiro atoms. The van der Waals surface area contributed by atoms with Gasteiger partial charge in [0.05, 0.1) is 21.0 Å². The first-order valence-corrected chi connectivity index (χ1v) is 6.41. The maximum atomic E-state index is 10.6. The number of rotatable bonds is 3. The lowest BCUT2D eigenvalue weighted by atomic mass is 9.95. The van der Waals surface area contributed by atoms with E-state index in [4.69, 9.17) is 4.74 Å². The van der Waals surface area contributed by atoms with Gasteiger partial charge in [-0.15, -0.1) is 0 Å². The van der Waals surface area contributed by atoms with Crippen molar-refractivity contribution < 1.29 is 9.66 Å². The highest BCUT2D eigenvalue weighted by Crippen LogP contribution is 2.32. The monoisotopic (exact) mass is 315 g/mol. The lowest BCUT2D eigenvalue weighted by molar-refractivity contribution is -0.385. The largest absolute Gasteiger partial charge is 0.376 e. The molecule has 0 aromatic carbocycles. The number of hydrogen-bond donors (Lipinski definition) is 1. The first-order valence-electron chi connectivity index (χ1n) is 5.62. The molecule has 1 aliphatic heterocycles. The lowest BCUT2D eigenvalue weighted by Crippen LogP contribution is -2.41. The zero-order valence-electron chi connectivity index (χ0n) is 10.1. The highest BCUT2D eigenvalue weighted by atomic mass is 79.9. The van der Waals surface area contributed by atoms with Gasteiger partial charge in [-0.1, -0.05) is 0 Å². The van der Waals surface area contributed by atoms with Crippen molar-refractivity contribution in [2.24, 2.45) is 0 Å². The van der Waals surface area contributed by atoms with Crippen molar-refractivity contribution in [3.63, 3.8) is 0 Å². The molecular formula is C11H14BrN3O3. The van der Waals surface area contributed by atoms with Gasteiger partial charge < -0.3 is 10.1 Å². The summed E-state index contributed by atoms with van der Waals surface area (Å²) in [7, 11) is 0. The normalized spacial score (nSPS) is 27.2. The molecule has 18 heavy (non-hydrogen) atoms. The molecule has 6 nitrogen and oxygen atoms in total. The number of anilines is 1. The molecule has 1 fully saturated rings. The Kier molecular flexibility index (Phi) is 3.54. The highest BCUT2D eigenvalue weighted by molar-refractivity contribution is 9.10. The Labute approximate surface area is 113 Å². The summed E-state index contributed by atoms with van der Waals surface area (Å²) < 4.78 is 6.11. The van der Waals surface area contributed by atoms with Crippen molar-refractivity contribution in [3.05, 3.63) is 26.9 Å². The number of aromatic nitrogens is 1. The van der Waals surface area contributed by atoms with E-state index in [0.29, 0.717) is 16.9 Å². The van der Waals surface area contributed by atoms with Gasteiger partial charge >= 0.3 is 0 Å². The molecule has 0 bridgehead atoms. The highest BCUT2D eigenvalue weighted by Gasteiger charge is 2.37. The molecule has 1 aromatic rings. The van der Waals surface area contributed by atoms with E-state index in [1.165, 1.54) is 12.3 Å². The second kappa shape index (κ2) is 4.81. The molecular weight excluding hydrogens is 302 g/mol. The Morgan fingerprint density at radius 2 is 2.44 bits per heavy atom. The van der Waals surface area contributed by atoms with Crippen LogP contribution in [0.5, 0.6) is 0 Å². The van der Waals surface area contributed by atoms with Gasteiger partial charge in [0.2, 0.25) is 0 Å². The van der Waals surface area contributed by atoms with Gasteiger partial charge in [-0.2, -0.15) is 0 Å². The molecule has 0 saturated carbocycles. The van der Waals surface area contributed by atoms with Gasteiger partial charge in [-0.25, -0.2) is 4.98 Å². The fraction of sp³-hybridized carbons (Fsp3) is 0.545. The molecule has 1 aromatic heterocycles. The quantitative estimate of drug-likeness (QED) is 0.685. The summed E-state index contributed by atoms with van der Waals surface area (Å²) in [5.74, 6) is 0.598. The molecule has 2 heterocycles. The molecule has 7 heteroatoms. The Morgan fingerprint density at radius 3 is 2.94 bits per heavy atom. The average Bonchev–Trinajstić information content (AvgIpc) is 2.62. The smallest absolute Gasteiger partial charge is 0.288 e. The molecule has 1 N–H and O–H groups in total. The fourth-order valence-electron chi connectivity index (χ4n) is 1.89. The van der Waals surface area contributed by atoms with Crippen LogP contribution in [0, 0.1) is 10.1 Å². The van der Waals surface area contributed by atoms with Crippen LogP contribution in [0.3, 0.4) is 0 Å². The van der Waals surface area contributed by atoms with Crippen molar-refractivity contribution in [2.45, 2.75) is 31.9 Å². The number of pyridine rings is 1. The Balaban J connectivity index is 2.22. The van der Waals surface area contributed by atoms with Gasteiger partial charge in [0.25, 0.3) is 5.69 Å². The van der Waals surface area contributed by atoms with Crippen molar-refractivity contribution in [1.29, 1.82) is 0 Å². The number of ether oxygens (including phenoxy) is 1. The molecule has 0 radical (unpaired) electrons. The summed E-state index contributed by atoms with van der Waals surface area (Å²) in [6, 6.07) is 1.44. The van der Waals surface area contributed by atoms with Crippen LogP contribution in [0.2, 0.25) is 0 Å². The van der Waals surface area contributed by atoms with Crippen molar-refractivity contribution >= 4 is 27.4 Å². The first-order chi connectivity index (χ1) is 8.42. The van der Waals surface area contributed by atoms with Crippen molar-refractivity contribution in [1.82, 2.24) is 4.98 Å². The molecule has 2 rings (SSSR count). The van der Waals surface area contributed by atoms with Crippen LogP contribution in [0.15, 0.2) is 16.7 Å². The maximum absolute atomic E-state index is 10.6. The Hall–Kier alpha value is -1.21. The van der Waals surface area contributed by atoms with Crippen molar-refractivity contribution in [2.75, 3.05) is 11.9 Å². The van der Waals surface area contributed by atoms with Gasteiger partial charge in [0.1, 0.15) is 12.0 Å². The summed E-state index contributed by atoms with van der Waals surface area (Å²) in [5.41, 5.74) is -0.237. The predicted octanol–water partition coefficient (Wildman–Crippen LogP) is 2.73. The second-order valence-electron chi connectivity index (χ2n) is 4.59. The van der Waals surface area contributed by atoms with Gasteiger partial charge in [-0.3, -0.25) is 10.1 Å². The fourth-order valence-corrected chi connectivity index (χ4v) is 2.33. The molecule has 1 aliphatic rings. The van der Waals surface area contributed by atoms with Crippen LogP contribution in [0.4, 0.5) is 11.5 Å². The van der Waals surface area contributed by atoms with Crippen LogP contribution >= 0.6 is 15.9 Å². The van der Waals surface area contributed by atoms with Crippen LogP contribution in [0.1, 0.15) is 20.3 Å². The molecule has 0 aliphatic carbocycles. The van der Waals surface area contributed by atoms with E-state index < -0.39 is 4.92 Å². The zero-order chi connectivity index (χ0) is 13.3. The van der Waals surface area contributed by atoms with E-state index in [1.54, 1.807) is 0 Å². The van der Waals surface area contributed by atoms with E-state index in [-0.39, 0.29) is 17.3 Å². The molecule has 98 valence electrons. The molecule has 0 amide bonds. The summed E-state index contributed by atoms with van der Waals surface area (Å²) in [6.07, 6.45) is 2.19. The number of hydrogen-bond acceptors (Lipinski definition) is 5. The summed E-state index contributed by atoms with van der Waals surface area (Å²) in [4.78, 5) is 14.2. The number of halogens is 1. The lowest BCUT2D eigenvalue weighted by Gasteiger charge is -2.29. The SMILES string of the molecule is CC1OCCC1(C)Nc1ncc([N+](=O)[O-])cc1Br. The van der Waals surface area contributed by atoms with Gasteiger partial charge in [0.15, 0.2) is 0 Å². The topological polar surface area (TPSA) is 77.3 Å². The van der Waals surface area contributed by atoms with Crippen LogP contribution < -0.4 is 5.32 Å². The van der Waals surface area contributed by atoms with E-state index in [0.717, 1.165) is 6.42 Å². The van der Waals surface area contributed by atoms with Crippen LogP contribution in [-0.2, 0) is 4.74 Å². The second-order valence-corrected chi connectivity index (χ2v) is 5.44. The van der Waals surface area contributed by atoms with Gasteiger partial charge in [0, 0.05) is 12.7 Å². The van der Waals surface area contributed by atoms with E-state index in [2.05, 4.69) is 33.2 Å². The van der Waals surface area contributed by atoms with Gasteiger partial charge in [-0.05, 0) is 36.2 Å². The minimum atomic E-state index is -0.468. The minimum Gasteiger partial charge on any atom is -0.376 e. The summed E-state index contributed by atoms with van der Waals surface area (Å²) in [5, 5.41) is 13.9. The standard InChI is InChI=1S/C11H14BrN3O3/c1-7-11(2,3-4-18-7)14-10-9(12)5-8(6-13-10)15(16)17/h5-7H,3-4H2,1-2H3,(H,13,14). The average molecular weight is 316 g/mol. The van der Waals surface area contributed by atoms with Crippen molar-refractivity contribution in [3.8, 4) is 0 Å². The predicted molar refractivity (Wildman–Crippen MR) is 70.7 cm³/mol. The third-order valence-corrected chi connectivity index (χ3v) is 3.93. The molecule has 2 atom stereocenters. The third-order valence-electron chi connectivity index (χ3n) is 3.33. The molecule has 1 saturated heterocycles. The summed E-state index contributed by atoms with van der Waals surface area (Å²) in [6.45, 7) is 4.76. The van der Waals surface area contributed by atoms with E-state index >= 15 is 0 Å². The number of nitrogens with zero attached hydrogens (tertiary/aromatic N) is 2. The Bertz CT molecular complexity index is 483. The number of nitro groups is 1. The maximum Gasteiger partial charge on any atom is 0.288 e. The summed E-state index contributed by atoms with van der Waals surface area (Å²) >= 11 is 3.30. The zero-order valence-corrected chi connectivity index (χ0v) is 11.7. The van der Waals surface area contributed by atoms with E-state index in [9.17, 15) is 10.1 Å². The molecule has 2 unspecified atom stereocenters. The van der Waals surface area contributed by atoms with E-state index in [1.807, 2.05) is 6.92 Å². The third kappa shape index (κ3) is 2.46. The Morgan fingerprint density at radius 1 is 1.72 bits per heavy atom. The first kappa shape index (κ1) is 13.2.